The number of rotatable bonds is 4. The summed E-state index contributed by atoms with van der Waals surface area (Å²) in [5.41, 5.74) is 7.95. The van der Waals surface area contributed by atoms with Crippen LogP contribution in [-0.2, 0) is 11.2 Å². The maximum atomic E-state index is 11.3. The van der Waals surface area contributed by atoms with Crippen LogP contribution in [0, 0.1) is 20.8 Å². The lowest BCUT2D eigenvalue weighted by atomic mass is 10.0. The van der Waals surface area contributed by atoms with E-state index in [-0.39, 0.29) is 12.5 Å². The van der Waals surface area contributed by atoms with Crippen molar-refractivity contribution in [2.24, 2.45) is 4.99 Å². The molecule has 1 aromatic heterocycles. The van der Waals surface area contributed by atoms with Gasteiger partial charge in [-0.25, -0.2) is 9.98 Å². The zero-order chi connectivity index (χ0) is 19.7. The van der Waals surface area contributed by atoms with Gasteiger partial charge in [0.1, 0.15) is 6.54 Å². The molecule has 0 atom stereocenters. The molecule has 2 N–H and O–H groups in total. The summed E-state index contributed by atoms with van der Waals surface area (Å²) in [6, 6.07) is 12.8. The van der Waals surface area contributed by atoms with Crippen molar-refractivity contribution in [3.8, 4) is 11.3 Å². The zero-order valence-electron chi connectivity index (χ0n) is 16.2. The van der Waals surface area contributed by atoms with Crippen LogP contribution in [0.4, 0.5) is 5.69 Å². The number of amides is 1. The number of hydrogen-bond acceptors (Lipinski definition) is 5. The van der Waals surface area contributed by atoms with Crippen LogP contribution in [-0.4, -0.2) is 23.4 Å². The summed E-state index contributed by atoms with van der Waals surface area (Å²) in [6.07, 6.45) is 0.807. The lowest BCUT2D eigenvalue weighted by Crippen LogP contribution is -2.30. The van der Waals surface area contributed by atoms with Gasteiger partial charge >= 0.3 is 0 Å². The van der Waals surface area contributed by atoms with E-state index in [1.807, 2.05) is 0 Å². The van der Waals surface area contributed by atoms with Crippen molar-refractivity contribution in [3.63, 3.8) is 0 Å². The van der Waals surface area contributed by atoms with Gasteiger partial charge in [-0.15, -0.1) is 11.3 Å². The fraction of sp³-hybridized carbons (Fsp3) is 0.227. The van der Waals surface area contributed by atoms with E-state index in [1.165, 1.54) is 16.7 Å². The first-order chi connectivity index (χ1) is 13.5. The molecule has 0 saturated heterocycles. The standard InChI is InChI=1S/C22H22N4OS/c1-13-4-6-16(7-5-13)19-12-28-21(24-19)10-17-8-15(3)18(9-14(17)2)25-22-23-11-20(27)26-22/h4-9,12H,10-11H2,1-3H3,(H2,23,25,26,27). The van der Waals surface area contributed by atoms with Gasteiger partial charge in [0.25, 0.3) is 0 Å². The number of guanidine groups is 1. The average Bonchev–Trinajstić information content (AvgIpc) is 3.29. The Morgan fingerprint density at radius 3 is 2.61 bits per heavy atom. The third-order valence-electron chi connectivity index (χ3n) is 4.82. The first kappa shape index (κ1) is 18.4. The van der Waals surface area contributed by atoms with E-state index in [1.54, 1.807) is 11.3 Å². The van der Waals surface area contributed by atoms with Crippen molar-refractivity contribution >= 4 is 28.9 Å². The number of carbonyl (C=O) groups is 1. The van der Waals surface area contributed by atoms with Crippen molar-refractivity contribution < 1.29 is 4.79 Å². The third-order valence-corrected chi connectivity index (χ3v) is 5.66. The predicted molar refractivity (Wildman–Crippen MR) is 115 cm³/mol. The number of aromatic nitrogens is 1. The lowest BCUT2D eigenvalue weighted by Gasteiger charge is -2.13. The summed E-state index contributed by atoms with van der Waals surface area (Å²) in [7, 11) is 0. The Morgan fingerprint density at radius 2 is 1.89 bits per heavy atom. The van der Waals surface area contributed by atoms with Crippen LogP contribution in [0.3, 0.4) is 0 Å². The fourth-order valence-electron chi connectivity index (χ4n) is 3.17. The lowest BCUT2D eigenvalue weighted by molar-refractivity contribution is -0.117. The van der Waals surface area contributed by atoms with E-state index in [4.69, 9.17) is 4.98 Å². The van der Waals surface area contributed by atoms with E-state index in [0.29, 0.717) is 5.96 Å². The van der Waals surface area contributed by atoms with Gasteiger partial charge in [-0.05, 0) is 43.5 Å². The quantitative estimate of drug-likeness (QED) is 0.701. The van der Waals surface area contributed by atoms with Crippen LogP contribution >= 0.6 is 11.3 Å². The number of nitrogens with one attached hydrogen (secondary N) is 2. The molecule has 0 fully saturated rings. The fourth-order valence-corrected chi connectivity index (χ4v) is 4.00. The number of carbonyl (C=O) groups excluding carboxylic acids is 1. The van der Waals surface area contributed by atoms with Gasteiger partial charge in [-0.2, -0.15) is 0 Å². The normalized spacial score (nSPS) is 13.4. The molecule has 1 aliphatic rings. The maximum absolute atomic E-state index is 11.3. The molecule has 6 heteroatoms. The minimum atomic E-state index is -0.0818. The van der Waals surface area contributed by atoms with Gasteiger partial charge in [0.05, 0.1) is 10.7 Å². The second-order valence-electron chi connectivity index (χ2n) is 7.10. The zero-order valence-corrected chi connectivity index (χ0v) is 17.0. The number of anilines is 1. The summed E-state index contributed by atoms with van der Waals surface area (Å²) in [5.74, 6) is 0.435. The molecule has 3 aromatic rings. The van der Waals surface area contributed by atoms with Gasteiger partial charge in [-0.1, -0.05) is 35.9 Å². The van der Waals surface area contributed by atoms with Gasteiger partial charge in [0.15, 0.2) is 0 Å². The molecule has 0 bridgehead atoms. The molecule has 0 radical (unpaired) electrons. The molecule has 142 valence electrons. The Kier molecular flexibility index (Phi) is 4.96. The second-order valence-corrected chi connectivity index (χ2v) is 8.04. The Balaban J connectivity index is 1.51. The highest BCUT2D eigenvalue weighted by Crippen LogP contribution is 2.27. The third kappa shape index (κ3) is 3.97. The van der Waals surface area contributed by atoms with Crippen LogP contribution in [0.15, 0.2) is 46.8 Å². The van der Waals surface area contributed by atoms with Crippen molar-refractivity contribution in [2.45, 2.75) is 27.2 Å². The number of aryl methyl sites for hydroxylation is 3. The Labute approximate surface area is 168 Å². The minimum absolute atomic E-state index is 0.0818. The summed E-state index contributed by atoms with van der Waals surface area (Å²) in [5, 5.41) is 9.15. The summed E-state index contributed by atoms with van der Waals surface area (Å²) < 4.78 is 0. The highest BCUT2D eigenvalue weighted by atomic mass is 32.1. The number of benzene rings is 2. The number of thiazole rings is 1. The van der Waals surface area contributed by atoms with Gasteiger partial charge in [-0.3, -0.25) is 10.1 Å². The Morgan fingerprint density at radius 1 is 1.11 bits per heavy atom. The van der Waals surface area contributed by atoms with Gasteiger partial charge in [0.2, 0.25) is 11.9 Å². The molecule has 1 amide bonds. The number of nitrogens with zero attached hydrogens (tertiary/aromatic N) is 2. The summed E-state index contributed by atoms with van der Waals surface area (Å²) in [6.45, 7) is 6.44. The predicted octanol–water partition coefficient (Wildman–Crippen LogP) is 4.22. The highest BCUT2D eigenvalue weighted by Gasteiger charge is 2.15. The molecular formula is C22H22N4OS. The van der Waals surface area contributed by atoms with E-state index in [9.17, 15) is 4.79 Å². The van der Waals surface area contributed by atoms with E-state index < -0.39 is 0 Å². The average molecular weight is 391 g/mol. The maximum Gasteiger partial charge on any atom is 0.248 e. The Hall–Kier alpha value is -2.99. The van der Waals surface area contributed by atoms with Crippen molar-refractivity contribution in [2.75, 3.05) is 11.9 Å². The van der Waals surface area contributed by atoms with E-state index in [2.05, 4.69) is 78.2 Å². The van der Waals surface area contributed by atoms with Crippen molar-refractivity contribution in [1.29, 1.82) is 0 Å². The molecule has 28 heavy (non-hydrogen) atoms. The largest absolute Gasteiger partial charge is 0.326 e. The molecule has 2 heterocycles. The van der Waals surface area contributed by atoms with Crippen LogP contribution in [0.2, 0.25) is 0 Å². The van der Waals surface area contributed by atoms with Crippen molar-refractivity contribution in [1.82, 2.24) is 10.3 Å². The first-order valence-electron chi connectivity index (χ1n) is 9.21. The number of aliphatic imine (C=N–C) groups is 1. The molecule has 0 spiro atoms. The topological polar surface area (TPSA) is 66.4 Å². The second kappa shape index (κ2) is 7.56. The first-order valence-corrected chi connectivity index (χ1v) is 10.1. The Bertz CT molecular complexity index is 1070. The van der Waals surface area contributed by atoms with Gasteiger partial charge < -0.3 is 5.32 Å². The highest BCUT2D eigenvalue weighted by molar-refractivity contribution is 7.10. The van der Waals surface area contributed by atoms with Crippen molar-refractivity contribution in [3.05, 3.63) is 69.0 Å². The smallest absolute Gasteiger partial charge is 0.248 e. The van der Waals surface area contributed by atoms with E-state index in [0.717, 1.165) is 33.9 Å². The molecule has 5 nitrogen and oxygen atoms in total. The molecular weight excluding hydrogens is 368 g/mol. The van der Waals surface area contributed by atoms with Crippen LogP contribution in [0.5, 0.6) is 0 Å². The number of hydrogen-bond donors (Lipinski definition) is 2. The molecule has 0 saturated carbocycles. The molecule has 4 rings (SSSR count). The van der Waals surface area contributed by atoms with Crippen LogP contribution in [0.1, 0.15) is 27.3 Å². The minimum Gasteiger partial charge on any atom is -0.326 e. The summed E-state index contributed by atoms with van der Waals surface area (Å²) in [4.78, 5) is 20.3. The molecule has 1 aliphatic heterocycles. The SMILES string of the molecule is Cc1ccc(-c2csc(Cc3cc(C)c(NC4=NCC(=O)N4)cc3C)n2)cc1. The van der Waals surface area contributed by atoms with E-state index >= 15 is 0 Å². The molecule has 0 aliphatic carbocycles. The van der Waals surface area contributed by atoms with Crippen LogP contribution < -0.4 is 10.6 Å². The monoisotopic (exact) mass is 390 g/mol. The molecule has 0 unspecified atom stereocenters. The molecule has 2 aromatic carbocycles. The van der Waals surface area contributed by atoms with Crippen LogP contribution in [0.25, 0.3) is 11.3 Å². The summed E-state index contributed by atoms with van der Waals surface area (Å²) >= 11 is 1.70. The van der Waals surface area contributed by atoms with Gasteiger partial charge in [0, 0.05) is 23.1 Å².